The number of nitrogens with one attached hydrogen (secondary N) is 1. The number of methoxy groups -OCH3 is 1. The van der Waals surface area contributed by atoms with Gasteiger partial charge >= 0.3 is 11.9 Å². The first-order valence-electron chi connectivity index (χ1n) is 5.42. The summed E-state index contributed by atoms with van der Waals surface area (Å²) in [5.74, 6) is -1.99. The van der Waals surface area contributed by atoms with Crippen LogP contribution in [0.5, 0.6) is 5.75 Å². The monoisotopic (exact) mass is 372 g/mol. The number of aromatic carboxylic acids is 1. The molecule has 20 heavy (non-hydrogen) atoms. The van der Waals surface area contributed by atoms with Crippen molar-refractivity contribution in [1.29, 1.82) is 0 Å². The van der Waals surface area contributed by atoms with Crippen molar-refractivity contribution >= 4 is 23.0 Å². The molecule has 0 saturated heterocycles. The van der Waals surface area contributed by atoms with Crippen LogP contribution in [0.2, 0.25) is 0 Å². The fourth-order valence-corrected chi connectivity index (χ4v) is 1.74. The molecule has 8 nitrogen and oxygen atoms in total. The van der Waals surface area contributed by atoms with Crippen LogP contribution >= 0.6 is 0 Å². The molecule has 0 saturated carbocycles. The van der Waals surface area contributed by atoms with E-state index in [1.165, 1.54) is 13.2 Å². The molecule has 0 aliphatic carbocycles. The normalized spacial score (nSPS) is 9.90. The van der Waals surface area contributed by atoms with Crippen LogP contribution in [-0.4, -0.2) is 46.2 Å². The third-order valence-electron chi connectivity index (χ3n) is 2.50. The molecular weight excluding hydrogens is 362 g/mol. The average Bonchev–Trinajstić information content (AvgIpc) is 2.83. The molecule has 0 unspecified atom stereocenters. The third-order valence-corrected chi connectivity index (χ3v) is 2.50. The molecule has 0 aliphatic heterocycles. The summed E-state index contributed by atoms with van der Waals surface area (Å²) in [5, 5.41) is 19.0. The second-order valence-electron chi connectivity index (χ2n) is 3.56. The number of hydrogen-bond donors (Lipinski definition) is 2. The van der Waals surface area contributed by atoms with Crippen molar-refractivity contribution in [3.8, 4) is 5.75 Å². The van der Waals surface area contributed by atoms with Crippen molar-refractivity contribution in [1.82, 2.24) is 15.4 Å². The number of H-pyrrole nitrogens is 1. The predicted molar refractivity (Wildman–Crippen MR) is 63.4 cm³/mol. The van der Waals surface area contributed by atoms with Crippen molar-refractivity contribution in [2.75, 3.05) is 13.7 Å². The fourth-order valence-electron chi connectivity index (χ4n) is 1.74. The third kappa shape index (κ3) is 2.67. The Labute approximate surface area is 129 Å². The Morgan fingerprint density at radius 2 is 2.10 bits per heavy atom. The number of carboxylic acid groups (broad SMARTS) is 1. The van der Waals surface area contributed by atoms with Crippen molar-refractivity contribution in [2.24, 2.45) is 0 Å². The second-order valence-corrected chi connectivity index (χ2v) is 3.56. The van der Waals surface area contributed by atoms with E-state index < -0.39 is 11.9 Å². The molecule has 1 heterocycles. The van der Waals surface area contributed by atoms with Crippen LogP contribution in [0, 0.1) is 0 Å². The number of esters is 1. The summed E-state index contributed by atoms with van der Waals surface area (Å²) in [4.78, 5) is 23.3. The molecule has 0 bridgehead atoms. The Hall–Kier alpha value is -1.90. The molecule has 2 aromatic rings. The van der Waals surface area contributed by atoms with Gasteiger partial charge in [-0.2, -0.15) is 0 Å². The smallest absolute Gasteiger partial charge is 0.342 e. The molecule has 0 aliphatic rings. The minimum Gasteiger partial charge on any atom is -0.496 e. The van der Waals surface area contributed by atoms with Crippen LogP contribution < -0.4 is 4.74 Å². The zero-order valence-corrected chi connectivity index (χ0v) is 12.0. The zero-order chi connectivity index (χ0) is 14.0. The summed E-state index contributed by atoms with van der Waals surface area (Å²) in [6.45, 7) is 1.75. The number of hydrogen-bond acceptors (Lipinski definition) is 6. The van der Waals surface area contributed by atoms with Gasteiger partial charge < -0.3 is 14.6 Å². The largest absolute Gasteiger partial charge is 0.496 e. The van der Waals surface area contributed by atoms with Crippen LogP contribution in [0.4, 0.5) is 0 Å². The topological polar surface area (TPSA) is 114 Å². The van der Waals surface area contributed by atoms with Gasteiger partial charge in [0.05, 0.1) is 19.2 Å². The van der Waals surface area contributed by atoms with Crippen LogP contribution in [0.1, 0.15) is 27.6 Å². The van der Waals surface area contributed by atoms with Crippen molar-refractivity contribution < 1.29 is 46.5 Å². The van der Waals surface area contributed by atoms with Gasteiger partial charge in [-0.3, -0.25) is 5.10 Å². The van der Waals surface area contributed by atoms with E-state index in [1.54, 1.807) is 6.92 Å². The van der Waals surface area contributed by atoms with E-state index in [1.807, 2.05) is 0 Å². The standard InChI is InChI=1S/C11H11N3O5.Ag/c1-3-19-11(17)7-6(18-2)4-5-9(13-14-12-5)8(7)10(15)16;/h4H,3H2,1-2H3,(H,15,16)(H,12,13,14);. The van der Waals surface area contributed by atoms with E-state index in [2.05, 4.69) is 15.4 Å². The van der Waals surface area contributed by atoms with E-state index >= 15 is 0 Å². The van der Waals surface area contributed by atoms with Gasteiger partial charge in [0.25, 0.3) is 0 Å². The summed E-state index contributed by atoms with van der Waals surface area (Å²) < 4.78 is 9.89. The van der Waals surface area contributed by atoms with E-state index in [9.17, 15) is 14.7 Å². The Balaban J connectivity index is 0.00000200. The number of aromatic amines is 1. The molecule has 0 spiro atoms. The molecule has 1 radical (unpaired) electrons. The number of rotatable bonds is 4. The number of nitrogens with zero attached hydrogens (tertiary/aromatic N) is 2. The number of aromatic nitrogens is 3. The Kier molecular flexibility index (Phi) is 5.26. The Morgan fingerprint density at radius 3 is 2.65 bits per heavy atom. The van der Waals surface area contributed by atoms with Crippen LogP contribution in [-0.2, 0) is 27.1 Å². The summed E-state index contributed by atoms with van der Waals surface area (Å²) >= 11 is 0. The van der Waals surface area contributed by atoms with Gasteiger partial charge in [-0.15, -0.1) is 5.10 Å². The Bertz CT molecular complexity index is 655. The second kappa shape index (κ2) is 6.51. The van der Waals surface area contributed by atoms with E-state index in [0.29, 0.717) is 5.52 Å². The van der Waals surface area contributed by atoms with Crippen molar-refractivity contribution in [3.05, 3.63) is 17.2 Å². The molecule has 0 amide bonds. The first kappa shape index (κ1) is 16.2. The Morgan fingerprint density at radius 1 is 1.40 bits per heavy atom. The fraction of sp³-hybridized carbons (Fsp3) is 0.273. The summed E-state index contributed by atoms with van der Waals surface area (Å²) in [5.41, 5.74) is -0.0153. The van der Waals surface area contributed by atoms with Crippen molar-refractivity contribution in [2.45, 2.75) is 6.92 Å². The molecular formula is C11H11AgN3O5. The van der Waals surface area contributed by atoms with Crippen molar-refractivity contribution in [3.63, 3.8) is 0 Å². The van der Waals surface area contributed by atoms with E-state index in [-0.39, 0.29) is 51.4 Å². The summed E-state index contributed by atoms with van der Waals surface area (Å²) in [6.07, 6.45) is 0. The molecule has 9 heteroatoms. The van der Waals surface area contributed by atoms with E-state index in [4.69, 9.17) is 9.47 Å². The molecule has 0 fully saturated rings. The number of ether oxygens (including phenoxy) is 2. The summed E-state index contributed by atoms with van der Waals surface area (Å²) in [7, 11) is 1.33. The molecule has 2 rings (SSSR count). The SMILES string of the molecule is CCOC(=O)c1c(OC)cc2[nH]nnc2c1C(=O)O.[Ag]. The minimum absolute atomic E-state index is 0. The van der Waals surface area contributed by atoms with E-state index in [0.717, 1.165) is 0 Å². The van der Waals surface area contributed by atoms with Gasteiger partial charge in [0, 0.05) is 28.4 Å². The molecule has 1 aromatic heterocycles. The molecule has 0 atom stereocenters. The number of benzene rings is 1. The first-order valence-corrected chi connectivity index (χ1v) is 5.42. The van der Waals surface area contributed by atoms with Gasteiger partial charge in [0.2, 0.25) is 0 Å². The van der Waals surface area contributed by atoms with Crippen LogP contribution in [0.25, 0.3) is 11.0 Å². The number of carboxylic acids is 1. The van der Waals surface area contributed by atoms with Gasteiger partial charge in [0.15, 0.2) is 0 Å². The predicted octanol–water partition coefficient (Wildman–Crippen LogP) is 0.839. The average molecular weight is 373 g/mol. The van der Waals surface area contributed by atoms with Gasteiger partial charge in [0.1, 0.15) is 22.4 Å². The minimum atomic E-state index is -1.30. The quantitative estimate of drug-likeness (QED) is 0.603. The maximum atomic E-state index is 11.9. The maximum absolute atomic E-state index is 11.9. The van der Waals surface area contributed by atoms with Gasteiger partial charge in [-0.25, -0.2) is 9.59 Å². The molecule has 2 N–H and O–H groups in total. The molecule has 111 valence electrons. The summed E-state index contributed by atoms with van der Waals surface area (Å²) in [6, 6.07) is 1.45. The zero-order valence-electron chi connectivity index (χ0n) is 10.6. The van der Waals surface area contributed by atoms with Crippen LogP contribution in [0.3, 0.4) is 0 Å². The van der Waals surface area contributed by atoms with Gasteiger partial charge in [-0.1, -0.05) is 5.21 Å². The van der Waals surface area contributed by atoms with Gasteiger partial charge in [-0.05, 0) is 6.92 Å². The molecule has 1 aromatic carbocycles. The first-order chi connectivity index (χ1) is 9.10. The maximum Gasteiger partial charge on any atom is 0.342 e. The van der Waals surface area contributed by atoms with Crippen LogP contribution in [0.15, 0.2) is 6.07 Å². The number of fused-ring (bicyclic) bond motifs is 1. The number of carbonyl (C=O) groups is 2. The number of carbonyl (C=O) groups excluding carboxylic acids is 1.